The Hall–Kier alpha value is -3.41. The first kappa shape index (κ1) is 19.4. The summed E-state index contributed by atoms with van der Waals surface area (Å²) in [6, 6.07) is 12.8. The lowest BCUT2D eigenvalue weighted by molar-refractivity contribution is -0.123. The van der Waals surface area contributed by atoms with Crippen molar-refractivity contribution in [2.45, 2.75) is 20.8 Å². The number of hydrogen-bond donors (Lipinski definition) is 3. The molecule has 5 nitrogen and oxygen atoms in total. The smallest absolute Gasteiger partial charge is 0.229 e. The second-order valence-corrected chi connectivity index (χ2v) is 7.58. The van der Waals surface area contributed by atoms with Gasteiger partial charge in [0.1, 0.15) is 17.3 Å². The number of para-hydroxylation sites is 1. The van der Waals surface area contributed by atoms with Gasteiger partial charge in [-0.25, -0.2) is 4.39 Å². The molecule has 0 radical (unpaired) electrons. The molecule has 6 heteroatoms. The van der Waals surface area contributed by atoms with Crippen LogP contribution in [0.3, 0.4) is 0 Å². The molecule has 3 aromatic rings. The van der Waals surface area contributed by atoms with Crippen LogP contribution in [0.5, 0.6) is 5.75 Å². The molecule has 0 fully saturated rings. The molecule has 28 heavy (non-hydrogen) atoms. The van der Waals surface area contributed by atoms with E-state index in [0.717, 1.165) is 0 Å². The summed E-state index contributed by atoms with van der Waals surface area (Å²) in [4.78, 5) is 16.6. The Kier molecular flexibility index (Phi) is 5.05. The number of nitrogens with one attached hydrogen (secondary N) is 1. The van der Waals surface area contributed by atoms with E-state index in [-0.39, 0.29) is 17.4 Å². The summed E-state index contributed by atoms with van der Waals surface area (Å²) in [5, 5.41) is 12.3. The van der Waals surface area contributed by atoms with E-state index >= 15 is 0 Å². The number of nitrogens with two attached hydrogens (primary N) is 1. The van der Waals surface area contributed by atoms with E-state index in [9.17, 15) is 14.3 Å². The molecule has 0 saturated carbocycles. The van der Waals surface area contributed by atoms with Gasteiger partial charge in [0, 0.05) is 40.1 Å². The Labute approximate surface area is 163 Å². The van der Waals surface area contributed by atoms with E-state index in [1.54, 1.807) is 51.1 Å². The zero-order valence-electron chi connectivity index (χ0n) is 16.0. The fraction of sp³-hybridized carbons (Fsp3) is 0.182. The van der Waals surface area contributed by atoms with E-state index in [2.05, 4.69) is 10.3 Å². The first-order chi connectivity index (χ1) is 13.2. The van der Waals surface area contributed by atoms with Gasteiger partial charge in [-0.2, -0.15) is 0 Å². The number of carbonyl (C=O) groups is 1. The molecule has 4 N–H and O–H groups in total. The van der Waals surface area contributed by atoms with Crippen molar-refractivity contribution in [3.8, 4) is 28.1 Å². The second kappa shape index (κ2) is 7.31. The first-order valence-electron chi connectivity index (χ1n) is 8.82. The highest BCUT2D eigenvalue weighted by atomic mass is 19.1. The Balaban J connectivity index is 2.01. The van der Waals surface area contributed by atoms with E-state index in [4.69, 9.17) is 5.73 Å². The summed E-state index contributed by atoms with van der Waals surface area (Å²) in [5.74, 6) is -0.675. The predicted molar refractivity (Wildman–Crippen MR) is 109 cm³/mol. The zero-order chi connectivity index (χ0) is 20.5. The van der Waals surface area contributed by atoms with Crippen molar-refractivity contribution in [2.24, 2.45) is 5.41 Å². The number of rotatable bonds is 3. The minimum Gasteiger partial charge on any atom is -0.508 e. The number of hydrogen-bond acceptors (Lipinski definition) is 4. The standard InChI is InChI=1S/C22H22FN3O2/c1-22(2,3)21(28)26-19-7-5-4-6-16(19)20-17(23)10-13(12-25-20)15-9-8-14(27)11-18(15)24/h4-12,27H,24H2,1-3H3,(H,26,28). The van der Waals surface area contributed by atoms with Gasteiger partial charge in [-0.15, -0.1) is 0 Å². The molecule has 0 aliphatic carbocycles. The van der Waals surface area contributed by atoms with Crippen molar-refractivity contribution in [3.63, 3.8) is 0 Å². The van der Waals surface area contributed by atoms with Crippen molar-refractivity contribution >= 4 is 17.3 Å². The highest BCUT2D eigenvalue weighted by Gasteiger charge is 2.23. The van der Waals surface area contributed by atoms with Crippen LogP contribution in [0, 0.1) is 11.2 Å². The maximum absolute atomic E-state index is 14.9. The maximum Gasteiger partial charge on any atom is 0.229 e. The number of pyridine rings is 1. The molecule has 3 rings (SSSR count). The van der Waals surface area contributed by atoms with Crippen LogP contribution in [0.15, 0.2) is 54.7 Å². The third-order valence-corrected chi connectivity index (χ3v) is 4.30. The van der Waals surface area contributed by atoms with Crippen LogP contribution in [-0.2, 0) is 4.79 Å². The number of anilines is 2. The summed E-state index contributed by atoms with van der Waals surface area (Å²) in [6.07, 6.45) is 1.52. The van der Waals surface area contributed by atoms with E-state index < -0.39 is 11.2 Å². The third kappa shape index (κ3) is 3.96. The van der Waals surface area contributed by atoms with Gasteiger partial charge in [0.25, 0.3) is 0 Å². The molecule has 1 amide bonds. The average molecular weight is 379 g/mol. The SMILES string of the molecule is CC(C)(C)C(=O)Nc1ccccc1-c1ncc(-c2ccc(O)cc2N)cc1F. The summed E-state index contributed by atoms with van der Waals surface area (Å²) in [5.41, 5.74) is 7.84. The van der Waals surface area contributed by atoms with E-state index in [0.29, 0.717) is 28.1 Å². The van der Waals surface area contributed by atoms with Gasteiger partial charge in [0.05, 0.1) is 5.69 Å². The molecule has 1 aromatic heterocycles. The van der Waals surface area contributed by atoms with Gasteiger partial charge < -0.3 is 16.2 Å². The van der Waals surface area contributed by atoms with Crippen molar-refractivity contribution < 1.29 is 14.3 Å². The Morgan fingerprint density at radius 3 is 2.46 bits per heavy atom. The van der Waals surface area contributed by atoms with Crippen LogP contribution in [0.4, 0.5) is 15.8 Å². The molecule has 0 aliphatic rings. The quantitative estimate of drug-likeness (QED) is 0.569. The van der Waals surface area contributed by atoms with Crippen LogP contribution in [-0.4, -0.2) is 16.0 Å². The maximum atomic E-state index is 14.9. The van der Waals surface area contributed by atoms with Crippen molar-refractivity contribution in [3.05, 3.63) is 60.5 Å². The van der Waals surface area contributed by atoms with Gasteiger partial charge in [-0.1, -0.05) is 39.0 Å². The highest BCUT2D eigenvalue weighted by Crippen LogP contribution is 2.33. The zero-order valence-corrected chi connectivity index (χ0v) is 16.0. The molecule has 0 saturated heterocycles. The number of carbonyl (C=O) groups excluding carboxylic acids is 1. The molecule has 2 aromatic carbocycles. The van der Waals surface area contributed by atoms with Crippen LogP contribution in [0.2, 0.25) is 0 Å². The number of halogens is 1. The molecule has 0 atom stereocenters. The third-order valence-electron chi connectivity index (χ3n) is 4.30. The summed E-state index contributed by atoms with van der Waals surface area (Å²) >= 11 is 0. The highest BCUT2D eigenvalue weighted by molar-refractivity contribution is 5.98. The van der Waals surface area contributed by atoms with Gasteiger partial charge in [0.15, 0.2) is 0 Å². The molecular weight excluding hydrogens is 357 g/mol. The number of nitrogens with zero attached hydrogens (tertiary/aromatic N) is 1. The van der Waals surface area contributed by atoms with Gasteiger partial charge in [-0.05, 0) is 24.3 Å². The lowest BCUT2D eigenvalue weighted by atomic mass is 9.95. The van der Waals surface area contributed by atoms with Crippen molar-refractivity contribution in [1.29, 1.82) is 0 Å². The van der Waals surface area contributed by atoms with Crippen LogP contribution < -0.4 is 11.1 Å². The lowest BCUT2D eigenvalue weighted by Crippen LogP contribution is -2.27. The fourth-order valence-corrected chi connectivity index (χ4v) is 2.70. The summed E-state index contributed by atoms with van der Waals surface area (Å²) in [6.45, 7) is 5.42. The number of aromatic nitrogens is 1. The number of aromatic hydroxyl groups is 1. The largest absolute Gasteiger partial charge is 0.508 e. The molecule has 0 spiro atoms. The molecule has 0 unspecified atom stereocenters. The van der Waals surface area contributed by atoms with Crippen LogP contribution in [0.1, 0.15) is 20.8 Å². The minimum absolute atomic E-state index is 0.0369. The Morgan fingerprint density at radius 1 is 1.11 bits per heavy atom. The molecule has 0 bridgehead atoms. The molecule has 144 valence electrons. The second-order valence-electron chi connectivity index (χ2n) is 7.58. The fourth-order valence-electron chi connectivity index (χ4n) is 2.70. The average Bonchev–Trinajstić information content (AvgIpc) is 2.61. The first-order valence-corrected chi connectivity index (χ1v) is 8.82. The molecule has 0 aliphatic heterocycles. The number of amides is 1. The molecular formula is C22H22FN3O2. The van der Waals surface area contributed by atoms with Crippen molar-refractivity contribution in [1.82, 2.24) is 4.98 Å². The lowest BCUT2D eigenvalue weighted by Gasteiger charge is -2.19. The summed E-state index contributed by atoms with van der Waals surface area (Å²) < 4.78 is 14.9. The topological polar surface area (TPSA) is 88.2 Å². The minimum atomic E-state index is -0.584. The number of phenolic OH excluding ortho intramolecular Hbond substituents is 1. The van der Waals surface area contributed by atoms with E-state index in [1.165, 1.54) is 24.4 Å². The van der Waals surface area contributed by atoms with Crippen molar-refractivity contribution in [2.75, 3.05) is 11.1 Å². The number of phenols is 1. The van der Waals surface area contributed by atoms with E-state index in [1.807, 2.05) is 0 Å². The van der Waals surface area contributed by atoms with Crippen LogP contribution in [0.25, 0.3) is 22.4 Å². The monoisotopic (exact) mass is 379 g/mol. The number of nitrogen functional groups attached to an aromatic ring is 1. The Bertz CT molecular complexity index is 1040. The normalized spacial score (nSPS) is 11.3. The van der Waals surface area contributed by atoms with Gasteiger partial charge in [0.2, 0.25) is 5.91 Å². The van der Waals surface area contributed by atoms with Gasteiger partial charge >= 0.3 is 0 Å². The summed E-state index contributed by atoms with van der Waals surface area (Å²) in [7, 11) is 0. The van der Waals surface area contributed by atoms with Gasteiger partial charge in [-0.3, -0.25) is 9.78 Å². The Morgan fingerprint density at radius 2 is 1.82 bits per heavy atom. The molecule has 1 heterocycles. The van der Waals surface area contributed by atoms with Crippen LogP contribution >= 0.6 is 0 Å². The number of benzene rings is 2. The predicted octanol–water partition coefficient (Wildman–Crippen LogP) is 4.83.